The Kier molecular flexibility index (Phi) is 6.20. The van der Waals surface area contributed by atoms with E-state index in [0.717, 1.165) is 25.7 Å². The number of hydrogen-bond acceptors (Lipinski definition) is 2. The summed E-state index contributed by atoms with van der Waals surface area (Å²) in [5.74, 6) is 2.89. The second-order valence-corrected chi connectivity index (χ2v) is 11.3. The molecule has 178 valence electrons. The molecule has 3 saturated carbocycles. The van der Waals surface area contributed by atoms with Gasteiger partial charge in [-0.3, -0.25) is 4.79 Å². The van der Waals surface area contributed by atoms with Gasteiger partial charge in [0.15, 0.2) is 0 Å². The lowest BCUT2D eigenvalue weighted by Crippen LogP contribution is -2.53. The maximum Gasteiger partial charge on any atom is 0.139 e. The average Bonchev–Trinajstić information content (AvgIpc) is 3.09. The molecule has 2 nitrogen and oxygen atoms in total. The highest BCUT2D eigenvalue weighted by Gasteiger charge is 2.62. The number of fused-ring (bicyclic) bond motifs is 5. The first kappa shape index (κ1) is 23.3. The molecule has 0 amide bonds. The fourth-order valence-corrected chi connectivity index (χ4v) is 7.95. The molecule has 6 atom stereocenters. The van der Waals surface area contributed by atoms with Crippen molar-refractivity contribution in [3.05, 3.63) is 53.6 Å². The van der Waals surface area contributed by atoms with Crippen molar-refractivity contribution in [2.24, 2.45) is 28.6 Å². The minimum absolute atomic E-state index is 0. The fourth-order valence-electron chi connectivity index (χ4n) is 7.95. The lowest BCUT2D eigenvalue weighted by Gasteiger charge is -2.60. The Morgan fingerprint density at radius 3 is 2.34 bits per heavy atom. The molecule has 32 heavy (non-hydrogen) atoms. The fraction of sp³-hybridized carbons (Fsp3) is 0.633. The van der Waals surface area contributed by atoms with Gasteiger partial charge in [-0.1, -0.05) is 63.6 Å². The Morgan fingerprint density at radius 1 is 1.00 bits per heavy atom. The van der Waals surface area contributed by atoms with Crippen LogP contribution >= 0.6 is 0 Å². The molecule has 1 aromatic rings. The molecule has 0 saturated heterocycles. The number of ketones is 1. The molecule has 4 aliphatic rings. The highest BCUT2D eigenvalue weighted by atomic mass is 16.1. The summed E-state index contributed by atoms with van der Waals surface area (Å²) in [6.07, 6.45) is 10.2. The van der Waals surface area contributed by atoms with Crippen molar-refractivity contribution < 1.29 is 7.65 Å². The number of carbonyl (C=O) groups excluding carboxylic acids is 1. The smallest absolute Gasteiger partial charge is 0.139 e. The minimum Gasteiger partial charge on any atom is -0.378 e. The maximum atomic E-state index is 13.1. The first-order chi connectivity index (χ1) is 15.2. The van der Waals surface area contributed by atoms with Gasteiger partial charge in [0, 0.05) is 34.5 Å². The average molecular weight is 438 g/mol. The third-order valence-electron chi connectivity index (χ3n) is 9.59. The quantitative estimate of drug-likeness (QED) is 0.466. The lowest BCUT2D eigenvalue weighted by molar-refractivity contribution is -0.133. The number of Topliss-reactive ketones (excluding diaryl/α,β-unsaturated/α-hetero) is 1. The number of hydrogen-bond donors (Lipinski definition) is 0. The van der Waals surface area contributed by atoms with Crippen molar-refractivity contribution in [1.29, 1.82) is 0 Å². The summed E-state index contributed by atoms with van der Waals surface area (Å²) >= 11 is 0. The summed E-state index contributed by atoms with van der Waals surface area (Å²) < 4.78 is 0. The number of nitrogens with zero attached hydrogens (tertiary/aromatic N) is 1. The van der Waals surface area contributed by atoms with Crippen molar-refractivity contribution in [3.8, 4) is 0 Å². The number of benzene rings is 1. The molecule has 0 N–H and O–H groups in total. The first-order valence-corrected chi connectivity index (χ1v) is 12.9. The third kappa shape index (κ3) is 3.49. The molecule has 4 aliphatic carbocycles. The molecule has 0 aromatic heterocycles. The molecule has 5 rings (SSSR count). The van der Waals surface area contributed by atoms with Gasteiger partial charge in [-0.15, -0.1) is 0 Å². The number of carbonyl (C=O) groups is 1. The largest absolute Gasteiger partial charge is 0.378 e. The minimum atomic E-state index is -0.123. The Labute approximate surface area is 199 Å². The predicted molar refractivity (Wildman–Crippen MR) is 140 cm³/mol. The van der Waals surface area contributed by atoms with Crippen molar-refractivity contribution in [1.82, 2.24) is 0 Å². The molecule has 0 heterocycles. The molecule has 0 spiro atoms. The number of allylic oxidation sites excluding steroid dienone is 3. The van der Waals surface area contributed by atoms with Crippen LogP contribution in [0.5, 0.6) is 0 Å². The summed E-state index contributed by atoms with van der Waals surface area (Å²) in [7, 11) is 4.20. The highest BCUT2D eigenvalue weighted by Crippen LogP contribution is 2.68. The lowest BCUT2D eigenvalue weighted by atomic mass is 9.44. The summed E-state index contributed by atoms with van der Waals surface area (Å²) in [5.41, 5.74) is 5.77. The van der Waals surface area contributed by atoms with Crippen molar-refractivity contribution in [2.75, 3.05) is 19.0 Å². The normalized spacial score (nSPS) is 38.0. The van der Waals surface area contributed by atoms with Crippen LogP contribution in [-0.2, 0) is 4.79 Å². The van der Waals surface area contributed by atoms with E-state index < -0.39 is 0 Å². The van der Waals surface area contributed by atoms with Crippen LogP contribution in [0, 0.1) is 28.6 Å². The number of anilines is 1. The van der Waals surface area contributed by atoms with Crippen LogP contribution < -0.4 is 4.90 Å². The monoisotopic (exact) mass is 437 g/mol. The van der Waals surface area contributed by atoms with Gasteiger partial charge in [0.1, 0.15) is 5.78 Å². The summed E-state index contributed by atoms with van der Waals surface area (Å²) in [4.78, 5) is 15.3. The van der Waals surface area contributed by atoms with E-state index in [-0.39, 0.29) is 13.7 Å². The van der Waals surface area contributed by atoms with Crippen LogP contribution in [0.3, 0.4) is 0 Å². The molecule has 0 radical (unpaired) electrons. The predicted octanol–water partition coefficient (Wildman–Crippen LogP) is 8.05. The van der Waals surface area contributed by atoms with Crippen LogP contribution in [0.15, 0.2) is 48.1 Å². The molecular formula is C30H47NO. The van der Waals surface area contributed by atoms with E-state index in [4.69, 9.17) is 0 Å². The Morgan fingerprint density at radius 2 is 1.69 bits per heavy atom. The molecule has 0 bridgehead atoms. The zero-order valence-corrected chi connectivity index (χ0v) is 21.2. The number of rotatable bonds is 2. The van der Waals surface area contributed by atoms with Crippen LogP contribution in [-0.4, -0.2) is 19.9 Å². The van der Waals surface area contributed by atoms with E-state index in [1.807, 2.05) is 13.8 Å². The summed E-state index contributed by atoms with van der Waals surface area (Å²) in [6.45, 7) is 13.1. The summed E-state index contributed by atoms with van der Waals surface area (Å²) in [5, 5.41) is 0. The van der Waals surface area contributed by atoms with Gasteiger partial charge in [-0.05, 0) is 85.3 Å². The van der Waals surface area contributed by atoms with E-state index >= 15 is 0 Å². The van der Waals surface area contributed by atoms with E-state index in [2.05, 4.69) is 69.8 Å². The van der Waals surface area contributed by atoms with Crippen LogP contribution in [0.1, 0.15) is 87.0 Å². The van der Waals surface area contributed by atoms with Crippen LogP contribution in [0.25, 0.3) is 0 Å². The second-order valence-electron chi connectivity index (χ2n) is 11.3. The molecule has 1 aromatic carbocycles. The molecule has 3 fully saturated rings. The van der Waals surface area contributed by atoms with Gasteiger partial charge in [-0.25, -0.2) is 0 Å². The van der Waals surface area contributed by atoms with Gasteiger partial charge in [0.25, 0.3) is 0 Å². The van der Waals surface area contributed by atoms with Crippen molar-refractivity contribution >= 4 is 11.5 Å². The highest BCUT2D eigenvalue weighted by molar-refractivity contribution is 5.87. The van der Waals surface area contributed by atoms with Crippen LogP contribution in [0.4, 0.5) is 5.69 Å². The van der Waals surface area contributed by atoms with Crippen molar-refractivity contribution in [2.45, 2.75) is 78.6 Å². The molecule has 2 unspecified atom stereocenters. The van der Waals surface area contributed by atoms with Gasteiger partial charge < -0.3 is 4.90 Å². The second kappa shape index (κ2) is 8.50. The van der Waals surface area contributed by atoms with Crippen molar-refractivity contribution in [3.63, 3.8) is 0 Å². The standard InChI is InChI=1S/C28H37NO.C2H6.2H2/c1-18-14-15-27(2)20(16-18)8-11-22-24-12-13-25(30)28(24,3)17-23(26(22)27)19-6-9-21(10-7-19)29(4)5;1-2;;/h6-7,9-10,16,22-24,26H,1,8,11-15,17H2,2-5H3;1-2H3;2*1H/t22-,23+,24?,26?,27-,28-;;;/m0.../s1. The van der Waals surface area contributed by atoms with Gasteiger partial charge in [-0.2, -0.15) is 0 Å². The summed E-state index contributed by atoms with van der Waals surface area (Å²) in [6, 6.07) is 9.23. The van der Waals surface area contributed by atoms with Crippen LogP contribution in [0.2, 0.25) is 0 Å². The Bertz CT molecular complexity index is 920. The Hall–Kier alpha value is -1.83. The SMILES string of the molecule is C=C1C=C2CC[C@@H]3C([C@@H](c4ccc(N(C)C)cc4)C[C@]4(C)C(=O)CCC34)[C@@]2(C)CC1.CC.[HH].[HH]. The zero-order valence-electron chi connectivity index (χ0n) is 21.2. The Balaban J connectivity index is 0.000000995. The first-order valence-electron chi connectivity index (χ1n) is 12.9. The van der Waals surface area contributed by atoms with Gasteiger partial charge in [0.05, 0.1) is 0 Å². The van der Waals surface area contributed by atoms with E-state index in [0.29, 0.717) is 29.5 Å². The van der Waals surface area contributed by atoms with E-state index in [1.54, 1.807) is 5.57 Å². The molecule has 0 aliphatic heterocycles. The topological polar surface area (TPSA) is 20.3 Å². The van der Waals surface area contributed by atoms with E-state index in [9.17, 15) is 4.79 Å². The van der Waals surface area contributed by atoms with Gasteiger partial charge >= 0.3 is 0 Å². The third-order valence-corrected chi connectivity index (χ3v) is 9.59. The maximum absolute atomic E-state index is 13.1. The molecule has 2 heteroatoms. The molecular weight excluding hydrogens is 390 g/mol. The zero-order chi connectivity index (χ0) is 23.3. The van der Waals surface area contributed by atoms with E-state index in [1.165, 1.54) is 36.1 Å². The van der Waals surface area contributed by atoms with Gasteiger partial charge in [0.2, 0.25) is 0 Å².